The summed E-state index contributed by atoms with van der Waals surface area (Å²) in [5.41, 5.74) is 0.402. The van der Waals surface area contributed by atoms with Gasteiger partial charge in [-0.15, -0.1) is 0 Å². The molecule has 0 spiro atoms. The number of aromatic nitrogens is 1. The number of pyridine rings is 1. The van der Waals surface area contributed by atoms with Crippen molar-refractivity contribution in [1.29, 1.82) is 0 Å². The predicted octanol–water partition coefficient (Wildman–Crippen LogP) is 5.16. The Morgan fingerprint density at radius 2 is 1.78 bits per heavy atom. The Morgan fingerprint density at radius 3 is 2.41 bits per heavy atom. The molecule has 0 saturated carbocycles. The number of sulfonamides is 1. The van der Waals surface area contributed by atoms with Gasteiger partial charge in [0.2, 0.25) is 10.0 Å². The van der Waals surface area contributed by atoms with Crippen LogP contribution >= 0.6 is 0 Å². The molecule has 0 aliphatic carbocycles. The van der Waals surface area contributed by atoms with E-state index >= 15 is 0 Å². The maximum atomic E-state index is 14.8. The number of nitrogens with one attached hydrogen (secondary N) is 2. The molecule has 198 valence electrons. The Hall–Kier alpha value is -3.41. The third kappa shape index (κ3) is 5.95. The predicted molar refractivity (Wildman–Crippen MR) is 134 cm³/mol. The Kier molecular flexibility index (Phi) is 7.06. The van der Waals surface area contributed by atoms with Gasteiger partial charge in [-0.3, -0.25) is 9.52 Å². The zero-order chi connectivity index (χ0) is 27.1. The molecule has 1 atom stereocenters. The van der Waals surface area contributed by atoms with E-state index in [0.717, 1.165) is 31.2 Å². The maximum Gasteiger partial charge on any atom is 0.433 e. The van der Waals surface area contributed by atoms with Gasteiger partial charge in [-0.2, -0.15) is 13.2 Å². The highest BCUT2D eigenvalue weighted by Crippen LogP contribution is 2.36. The fourth-order valence-electron chi connectivity index (χ4n) is 4.42. The van der Waals surface area contributed by atoms with Crippen molar-refractivity contribution >= 4 is 38.2 Å². The van der Waals surface area contributed by atoms with Crippen LogP contribution in [0.4, 0.5) is 28.9 Å². The van der Waals surface area contributed by atoms with Gasteiger partial charge in [-0.05, 0) is 68.7 Å². The lowest BCUT2D eigenvalue weighted by Crippen LogP contribution is -2.27. The first-order chi connectivity index (χ1) is 17.2. The van der Waals surface area contributed by atoms with Crippen molar-refractivity contribution in [2.45, 2.75) is 38.9 Å². The van der Waals surface area contributed by atoms with Gasteiger partial charge < -0.3 is 10.2 Å². The van der Waals surface area contributed by atoms with E-state index < -0.39 is 39.7 Å². The van der Waals surface area contributed by atoms with Crippen molar-refractivity contribution in [3.8, 4) is 0 Å². The van der Waals surface area contributed by atoms with E-state index in [2.05, 4.69) is 15.0 Å². The summed E-state index contributed by atoms with van der Waals surface area (Å²) in [7, 11) is -3.60. The lowest BCUT2D eigenvalue weighted by molar-refractivity contribution is -0.140. The molecule has 1 unspecified atom stereocenters. The van der Waals surface area contributed by atoms with Crippen molar-refractivity contribution < 1.29 is 30.8 Å². The minimum absolute atomic E-state index is 0.0944. The molecule has 2 N–H and O–H groups in total. The summed E-state index contributed by atoms with van der Waals surface area (Å²) in [5, 5.41) is 3.13. The number of nitrogens with zero attached hydrogens (tertiary/aromatic N) is 2. The first kappa shape index (κ1) is 26.6. The number of anilines is 2. The zero-order valence-corrected chi connectivity index (χ0v) is 21.2. The molecule has 1 saturated heterocycles. The molecule has 37 heavy (non-hydrogen) atoms. The summed E-state index contributed by atoms with van der Waals surface area (Å²) >= 11 is 0. The summed E-state index contributed by atoms with van der Waals surface area (Å²) in [6, 6.07) is 6.99. The monoisotopic (exact) mass is 538 g/mol. The number of carbonyl (C=O) groups is 1. The van der Waals surface area contributed by atoms with Crippen LogP contribution in [0.5, 0.6) is 0 Å². The first-order valence-electron chi connectivity index (χ1n) is 11.6. The summed E-state index contributed by atoms with van der Waals surface area (Å²) in [5.74, 6) is -1.25. The second kappa shape index (κ2) is 9.81. The summed E-state index contributed by atoms with van der Waals surface area (Å²) in [6.07, 6.45) is -1.94. The highest BCUT2D eigenvalue weighted by molar-refractivity contribution is 7.92. The molecule has 0 bridgehead atoms. The molecule has 12 heteroatoms. The molecular formula is C25H26F4N4O3S. The molecule has 7 nitrogen and oxygen atoms in total. The normalized spacial score (nSPS) is 15.2. The fourth-order valence-corrected chi connectivity index (χ4v) is 5.04. The molecule has 1 aromatic heterocycles. The highest BCUT2D eigenvalue weighted by Gasteiger charge is 2.34. The zero-order valence-electron chi connectivity index (χ0n) is 20.4. The second-order valence-electron chi connectivity index (χ2n) is 9.21. The van der Waals surface area contributed by atoms with Gasteiger partial charge >= 0.3 is 6.18 Å². The Bertz CT molecular complexity index is 1470. The number of hydrogen-bond acceptors (Lipinski definition) is 5. The van der Waals surface area contributed by atoms with E-state index in [-0.39, 0.29) is 22.3 Å². The van der Waals surface area contributed by atoms with Gasteiger partial charge in [0.25, 0.3) is 5.91 Å². The standard InChI is InChI=1S/C25H26F4N4O3S/c1-14-10-17(19(26)12-21(14)32-37(3,35)36)15(2)30-24(34)16-6-7-20-18(11-16)22(33-8-4-5-9-33)13-23(31-20)25(27,28)29/h6-7,10-13,15,32H,4-5,8-9H2,1-3H3,(H,30,34). The van der Waals surface area contributed by atoms with Crippen molar-refractivity contribution in [2.24, 2.45) is 0 Å². The summed E-state index contributed by atoms with van der Waals surface area (Å²) in [4.78, 5) is 18.7. The van der Waals surface area contributed by atoms with Gasteiger partial charge in [0.15, 0.2) is 0 Å². The van der Waals surface area contributed by atoms with Gasteiger partial charge in [-0.1, -0.05) is 0 Å². The van der Waals surface area contributed by atoms with Crippen LogP contribution in [0, 0.1) is 12.7 Å². The number of carbonyl (C=O) groups excluding carboxylic acids is 1. The van der Waals surface area contributed by atoms with Crippen LogP contribution in [0.2, 0.25) is 0 Å². The van der Waals surface area contributed by atoms with E-state index in [4.69, 9.17) is 0 Å². The van der Waals surface area contributed by atoms with Crippen molar-refractivity contribution in [3.63, 3.8) is 0 Å². The largest absolute Gasteiger partial charge is 0.433 e. The van der Waals surface area contributed by atoms with Crippen LogP contribution in [-0.2, 0) is 16.2 Å². The minimum atomic E-state index is -4.61. The first-order valence-corrected chi connectivity index (χ1v) is 13.5. The number of aryl methyl sites for hydroxylation is 1. The lowest BCUT2D eigenvalue weighted by atomic mass is 10.0. The third-order valence-corrected chi connectivity index (χ3v) is 6.83. The van der Waals surface area contributed by atoms with E-state index in [1.54, 1.807) is 13.8 Å². The number of benzene rings is 2. The summed E-state index contributed by atoms with van der Waals surface area (Å²) in [6.45, 7) is 4.39. The SMILES string of the molecule is Cc1cc(C(C)NC(=O)c2ccc3nc(C(F)(F)F)cc(N4CCCC4)c3c2)c(F)cc1NS(C)(=O)=O. The van der Waals surface area contributed by atoms with Crippen molar-refractivity contribution in [1.82, 2.24) is 10.3 Å². The van der Waals surface area contributed by atoms with Gasteiger partial charge in [0, 0.05) is 35.3 Å². The smallest absolute Gasteiger partial charge is 0.371 e. The molecule has 2 aromatic carbocycles. The van der Waals surface area contributed by atoms with Gasteiger partial charge in [0.05, 0.1) is 23.5 Å². The Balaban J connectivity index is 1.64. The van der Waals surface area contributed by atoms with E-state index in [1.165, 1.54) is 24.3 Å². The van der Waals surface area contributed by atoms with Crippen molar-refractivity contribution in [3.05, 3.63) is 64.6 Å². The van der Waals surface area contributed by atoms with Crippen LogP contribution in [0.15, 0.2) is 36.4 Å². The van der Waals surface area contributed by atoms with Crippen LogP contribution < -0.4 is 14.9 Å². The molecule has 0 radical (unpaired) electrons. The van der Waals surface area contributed by atoms with Gasteiger partial charge in [0.1, 0.15) is 11.5 Å². The number of rotatable bonds is 6. The minimum Gasteiger partial charge on any atom is -0.371 e. The topological polar surface area (TPSA) is 91.4 Å². The highest BCUT2D eigenvalue weighted by atomic mass is 32.2. The quantitative estimate of drug-likeness (QED) is 0.423. The average molecular weight is 539 g/mol. The lowest BCUT2D eigenvalue weighted by Gasteiger charge is -2.22. The number of amides is 1. The van der Waals surface area contributed by atoms with Crippen LogP contribution in [-0.4, -0.2) is 38.7 Å². The molecule has 4 rings (SSSR count). The third-order valence-electron chi connectivity index (χ3n) is 6.24. The summed E-state index contributed by atoms with van der Waals surface area (Å²) < 4.78 is 80.4. The fraction of sp³-hybridized carbons (Fsp3) is 0.360. The van der Waals surface area contributed by atoms with E-state index in [0.29, 0.717) is 29.7 Å². The molecule has 1 fully saturated rings. The van der Waals surface area contributed by atoms with Crippen LogP contribution in [0.3, 0.4) is 0 Å². The van der Waals surface area contributed by atoms with Crippen LogP contribution in [0.1, 0.15) is 53.0 Å². The molecular weight excluding hydrogens is 512 g/mol. The number of halogens is 4. The molecule has 3 aromatic rings. The second-order valence-corrected chi connectivity index (χ2v) is 11.0. The average Bonchev–Trinajstić information content (AvgIpc) is 3.33. The molecule has 1 amide bonds. The maximum absolute atomic E-state index is 14.8. The van der Waals surface area contributed by atoms with Crippen LogP contribution in [0.25, 0.3) is 10.9 Å². The van der Waals surface area contributed by atoms with Crippen molar-refractivity contribution in [2.75, 3.05) is 29.0 Å². The molecule has 1 aliphatic rings. The van der Waals surface area contributed by atoms with E-state index in [1.807, 2.05) is 4.90 Å². The number of hydrogen-bond donors (Lipinski definition) is 2. The van der Waals surface area contributed by atoms with E-state index in [9.17, 15) is 30.8 Å². The Labute approximate surface area is 211 Å². The molecule has 2 heterocycles. The Morgan fingerprint density at radius 1 is 1.11 bits per heavy atom. The van der Waals surface area contributed by atoms with Gasteiger partial charge in [-0.25, -0.2) is 17.8 Å². The number of fused-ring (bicyclic) bond motifs is 1. The number of alkyl halides is 3. The molecule has 1 aliphatic heterocycles.